The van der Waals surface area contributed by atoms with Crippen molar-refractivity contribution in [3.63, 3.8) is 0 Å². The van der Waals surface area contributed by atoms with Gasteiger partial charge in [0.25, 0.3) is 0 Å². The van der Waals surface area contributed by atoms with Gasteiger partial charge in [0.2, 0.25) is 10.0 Å². The Morgan fingerprint density at radius 1 is 0.848 bits per heavy atom. The van der Waals surface area contributed by atoms with Gasteiger partial charge in [-0.05, 0) is 78.6 Å². The zero-order valence-electron chi connectivity index (χ0n) is 18.9. The van der Waals surface area contributed by atoms with Crippen molar-refractivity contribution in [2.24, 2.45) is 0 Å². The van der Waals surface area contributed by atoms with Gasteiger partial charge in [-0.1, -0.05) is 35.9 Å². The zero-order chi connectivity index (χ0) is 23.4. The van der Waals surface area contributed by atoms with Crippen molar-refractivity contribution in [3.8, 4) is 11.1 Å². The standard InChI is InChI=1S/C26H28ClN3O2S/c1-20(2)33(31,32)30-15-13-29(14-16-30)26-7-5-21(6-8-26)3-4-22-17-24(19-25(27)18-22)23-9-11-28-12-10-23/h3-12,17-20H,13-16H2,1-2H3. The summed E-state index contributed by atoms with van der Waals surface area (Å²) in [5.41, 5.74) is 5.36. The van der Waals surface area contributed by atoms with Gasteiger partial charge in [-0.15, -0.1) is 0 Å². The molecule has 7 heteroatoms. The molecule has 0 saturated carbocycles. The Bertz CT molecular complexity index is 1220. The summed E-state index contributed by atoms with van der Waals surface area (Å²) in [6.07, 6.45) is 7.67. The SMILES string of the molecule is CC(C)S(=O)(=O)N1CCN(c2ccc(C=Cc3cc(Cl)cc(-c4ccncc4)c3)cc2)CC1. The largest absolute Gasteiger partial charge is 0.369 e. The molecule has 0 spiro atoms. The van der Waals surface area contributed by atoms with E-state index in [9.17, 15) is 8.42 Å². The zero-order valence-corrected chi connectivity index (χ0v) is 20.4. The van der Waals surface area contributed by atoms with Gasteiger partial charge in [-0.3, -0.25) is 4.98 Å². The third kappa shape index (κ3) is 5.64. The van der Waals surface area contributed by atoms with Gasteiger partial charge in [0.05, 0.1) is 5.25 Å². The molecule has 33 heavy (non-hydrogen) atoms. The van der Waals surface area contributed by atoms with E-state index in [0.29, 0.717) is 31.2 Å². The summed E-state index contributed by atoms with van der Waals surface area (Å²) < 4.78 is 26.4. The number of sulfonamides is 1. The molecule has 2 aromatic carbocycles. The monoisotopic (exact) mass is 481 g/mol. The van der Waals surface area contributed by atoms with E-state index in [-0.39, 0.29) is 5.25 Å². The van der Waals surface area contributed by atoms with Crippen molar-refractivity contribution in [2.75, 3.05) is 31.1 Å². The number of rotatable bonds is 6. The molecule has 1 aliphatic rings. The fraction of sp³-hybridized carbons (Fsp3) is 0.269. The molecule has 4 rings (SSSR count). The van der Waals surface area contributed by atoms with E-state index in [4.69, 9.17) is 11.6 Å². The number of benzene rings is 2. The summed E-state index contributed by atoms with van der Waals surface area (Å²) >= 11 is 6.35. The molecule has 0 unspecified atom stereocenters. The van der Waals surface area contributed by atoms with Crippen LogP contribution < -0.4 is 4.90 Å². The predicted octanol–water partition coefficient (Wildman–Crippen LogP) is 5.43. The maximum absolute atomic E-state index is 12.4. The van der Waals surface area contributed by atoms with Gasteiger partial charge in [0.15, 0.2) is 0 Å². The summed E-state index contributed by atoms with van der Waals surface area (Å²) in [4.78, 5) is 6.31. The number of hydrogen-bond donors (Lipinski definition) is 0. The van der Waals surface area contributed by atoms with E-state index in [1.807, 2.05) is 24.3 Å². The highest BCUT2D eigenvalue weighted by molar-refractivity contribution is 7.89. The van der Waals surface area contributed by atoms with Crippen molar-refractivity contribution in [1.29, 1.82) is 0 Å². The van der Waals surface area contributed by atoms with Crippen molar-refractivity contribution in [1.82, 2.24) is 9.29 Å². The van der Waals surface area contributed by atoms with Gasteiger partial charge in [0, 0.05) is 49.3 Å². The second-order valence-corrected chi connectivity index (χ2v) is 11.3. The van der Waals surface area contributed by atoms with Crippen LogP contribution in [0.3, 0.4) is 0 Å². The lowest BCUT2D eigenvalue weighted by molar-refractivity contribution is 0.381. The molecule has 0 aliphatic carbocycles. The number of nitrogens with zero attached hydrogens (tertiary/aromatic N) is 3. The Balaban J connectivity index is 1.42. The first-order valence-corrected chi connectivity index (χ1v) is 12.9. The van der Waals surface area contributed by atoms with Crippen LogP contribution in [0.2, 0.25) is 5.02 Å². The molecule has 0 radical (unpaired) electrons. The van der Waals surface area contributed by atoms with Gasteiger partial charge >= 0.3 is 0 Å². The van der Waals surface area contributed by atoms with Crippen molar-refractivity contribution < 1.29 is 8.42 Å². The molecule has 2 heterocycles. The average molecular weight is 482 g/mol. The van der Waals surface area contributed by atoms with Crippen LogP contribution >= 0.6 is 11.6 Å². The third-order valence-corrected chi connectivity index (χ3v) is 8.35. The lowest BCUT2D eigenvalue weighted by atomic mass is 10.0. The van der Waals surface area contributed by atoms with Crippen LogP contribution in [-0.4, -0.2) is 49.1 Å². The molecule has 0 atom stereocenters. The first-order chi connectivity index (χ1) is 15.8. The Kier molecular flexibility index (Phi) is 7.17. The molecule has 0 bridgehead atoms. The molecule has 0 N–H and O–H groups in total. The highest BCUT2D eigenvalue weighted by atomic mass is 35.5. The lowest BCUT2D eigenvalue weighted by Gasteiger charge is -2.36. The summed E-state index contributed by atoms with van der Waals surface area (Å²) in [5, 5.41) is 0.313. The minimum absolute atomic E-state index is 0.379. The van der Waals surface area contributed by atoms with Crippen LogP contribution in [0.5, 0.6) is 0 Å². The van der Waals surface area contributed by atoms with Crippen LogP contribution in [0.4, 0.5) is 5.69 Å². The van der Waals surface area contributed by atoms with Gasteiger partial charge < -0.3 is 4.90 Å². The summed E-state index contributed by atoms with van der Waals surface area (Å²) in [6.45, 7) is 5.91. The van der Waals surface area contributed by atoms with E-state index >= 15 is 0 Å². The number of aromatic nitrogens is 1. The summed E-state index contributed by atoms with van der Waals surface area (Å²) in [6, 6.07) is 18.3. The second kappa shape index (κ2) is 10.1. The van der Waals surface area contributed by atoms with Crippen LogP contribution in [0, 0.1) is 0 Å². The normalized spacial score (nSPS) is 15.5. The second-order valence-electron chi connectivity index (χ2n) is 8.41. The number of halogens is 1. The quantitative estimate of drug-likeness (QED) is 0.440. The molecule has 0 amide bonds. The van der Waals surface area contributed by atoms with Gasteiger partial charge in [-0.2, -0.15) is 4.31 Å². The number of piperazine rings is 1. The number of pyridine rings is 1. The molecule has 5 nitrogen and oxygen atoms in total. The van der Waals surface area contributed by atoms with E-state index in [0.717, 1.165) is 27.9 Å². The summed E-state index contributed by atoms with van der Waals surface area (Å²) in [7, 11) is -3.18. The van der Waals surface area contributed by atoms with E-state index in [2.05, 4.69) is 52.4 Å². The van der Waals surface area contributed by atoms with Gasteiger partial charge in [0.1, 0.15) is 0 Å². The van der Waals surface area contributed by atoms with Crippen LogP contribution in [0.25, 0.3) is 23.3 Å². The minimum Gasteiger partial charge on any atom is -0.369 e. The first kappa shape index (κ1) is 23.5. The van der Waals surface area contributed by atoms with E-state index in [1.165, 1.54) is 0 Å². The Morgan fingerprint density at radius 2 is 1.48 bits per heavy atom. The molecule has 1 saturated heterocycles. The van der Waals surface area contributed by atoms with E-state index in [1.54, 1.807) is 30.5 Å². The topological polar surface area (TPSA) is 53.5 Å². The Morgan fingerprint density at radius 3 is 2.12 bits per heavy atom. The lowest BCUT2D eigenvalue weighted by Crippen LogP contribution is -2.50. The minimum atomic E-state index is -3.18. The number of hydrogen-bond acceptors (Lipinski definition) is 4. The fourth-order valence-corrected chi connectivity index (χ4v) is 5.42. The molecular formula is C26H28ClN3O2S. The average Bonchev–Trinajstić information content (AvgIpc) is 2.83. The van der Waals surface area contributed by atoms with Crippen molar-refractivity contribution in [2.45, 2.75) is 19.1 Å². The smallest absolute Gasteiger partial charge is 0.216 e. The molecule has 1 aromatic heterocycles. The fourth-order valence-electron chi connectivity index (χ4n) is 3.91. The third-order valence-electron chi connectivity index (χ3n) is 5.85. The highest BCUT2D eigenvalue weighted by Gasteiger charge is 2.29. The van der Waals surface area contributed by atoms with Crippen molar-refractivity contribution >= 4 is 39.5 Å². The molecule has 172 valence electrons. The molecule has 1 fully saturated rings. The van der Waals surface area contributed by atoms with Crippen LogP contribution in [0.15, 0.2) is 67.0 Å². The summed E-state index contributed by atoms with van der Waals surface area (Å²) in [5.74, 6) is 0. The van der Waals surface area contributed by atoms with Crippen molar-refractivity contribution in [3.05, 3.63) is 83.1 Å². The Hall–Kier alpha value is -2.67. The Labute approximate surface area is 201 Å². The molecular weight excluding hydrogens is 454 g/mol. The first-order valence-electron chi connectivity index (χ1n) is 11.1. The predicted molar refractivity (Wildman–Crippen MR) is 138 cm³/mol. The number of anilines is 1. The van der Waals surface area contributed by atoms with Crippen LogP contribution in [-0.2, 0) is 10.0 Å². The molecule has 1 aliphatic heterocycles. The van der Waals surface area contributed by atoms with E-state index < -0.39 is 10.0 Å². The maximum atomic E-state index is 12.4. The van der Waals surface area contributed by atoms with Gasteiger partial charge in [-0.25, -0.2) is 8.42 Å². The van der Waals surface area contributed by atoms with Crippen LogP contribution in [0.1, 0.15) is 25.0 Å². The highest BCUT2D eigenvalue weighted by Crippen LogP contribution is 2.26. The molecule has 3 aromatic rings. The maximum Gasteiger partial charge on any atom is 0.216 e.